The second-order valence-corrected chi connectivity index (χ2v) is 3.11. The van der Waals surface area contributed by atoms with Gasteiger partial charge >= 0.3 is 0 Å². The van der Waals surface area contributed by atoms with Gasteiger partial charge in [0.05, 0.1) is 4.47 Å². The van der Waals surface area contributed by atoms with E-state index < -0.39 is 0 Å². The molecule has 0 aliphatic carbocycles. The van der Waals surface area contributed by atoms with E-state index in [0.717, 1.165) is 0 Å². The summed E-state index contributed by atoms with van der Waals surface area (Å²) in [5.74, 6) is 0.620. The summed E-state index contributed by atoms with van der Waals surface area (Å²) >= 11 is 3.24. The summed E-state index contributed by atoms with van der Waals surface area (Å²) in [6.07, 6.45) is 0. The number of ether oxygens (including phenoxy) is 2. The van der Waals surface area contributed by atoms with Gasteiger partial charge in [0.2, 0.25) is 0 Å². The number of rotatable bonds is 4. The average Bonchev–Trinajstić information content (AvgIpc) is 2.16. The Morgan fingerprint density at radius 3 is 2.85 bits per heavy atom. The monoisotopic (exact) mass is 245 g/mol. The van der Waals surface area contributed by atoms with Crippen LogP contribution in [0.2, 0.25) is 0 Å². The quantitative estimate of drug-likeness (QED) is 0.606. The minimum Gasteiger partial charge on any atom is -0.466 e. The van der Waals surface area contributed by atoms with Gasteiger partial charge in [0.1, 0.15) is 11.4 Å². The van der Waals surface area contributed by atoms with E-state index in [0.29, 0.717) is 15.9 Å². The van der Waals surface area contributed by atoms with Crippen LogP contribution in [0.3, 0.4) is 0 Å². The van der Waals surface area contributed by atoms with Crippen LogP contribution in [0.15, 0.2) is 27.8 Å². The molecule has 0 radical (unpaired) electrons. The second-order valence-electron chi connectivity index (χ2n) is 2.26. The molecule has 0 aromatic heterocycles. The summed E-state index contributed by atoms with van der Waals surface area (Å²) in [6, 6.07) is 4.81. The van der Waals surface area contributed by atoms with Gasteiger partial charge in [-0.3, -0.25) is 0 Å². The van der Waals surface area contributed by atoms with Crippen molar-refractivity contribution in [2.75, 3.05) is 13.9 Å². The summed E-state index contributed by atoms with van der Waals surface area (Å²) in [6.45, 7) is 0.173. The molecule has 1 rings (SSSR count). The van der Waals surface area contributed by atoms with Crippen molar-refractivity contribution >= 4 is 21.6 Å². The molecule has 0 heterocycles. The van der Waals surface area contributed by atoms with E-state index in [4.69, 9.17) is 9.47 Å². The lowest BCUT2D eigenvalue weighted by atomic mass is 10.3. The SMILES string of the molecule is COCOc1ccc(N=O)cc1Br. The molecular weight excluding hydrogens is 238 g/mol. The molecule has 70 valence electrons. The van der Waals surface area contributed by atoms with Crippen molar-refractivity contribution in [1.29, 1.82) is 0 Å². The first-order chi connectivity index (χ1) is 6.27. The Morgan fingerprint density at radius 2 is 2.31 bits per heavy atom. The van der Waals surface area contributed by atoms with Crippen LogP contribution in [0.5, 0.6) is 5.75 Å². The molecule has 0 atom stereocenters. The number of halogens is 1. The highest BCUT2D eigenvalue weighted by Crippen LogP contribution is 2.29. The number of methoxy groups -OCH3 is 1. The van der Waals surface area contributed by atoms with Crippen molar-refractivity contribution in [1.82, 2.24) is 0 Å². The molecule has 0 saturated heterocycles. The number of hydrogen-bond acceptors (Lipinski definition) is 4. The van der Waals surface area contributed by atoms with E-state index in [1.807, 2.05) is 0 Å². The number of benzene rings is 1. The maximum atomic E-state index is 10.1. The molecule has 0 amide bonds. The zero-order chi connectivity index (χ0) is 9.68. The van der Waals surface area contributed by atoms with Crippen LogP contribution in [0.1, 0.15) is 0 Å². The molecule has 1 aromatic rings. The Kier molecular flexibility index (Phi) is 3.85. The Hall–Kier alpha value is -0.940. The van der Waals surface area contributed by atoms with Crippen LogP contribution in [-0.2, 0) is 4.74 Å². The van der Waals surface area contributed by atoms with Crippen LogP contribution in [0, 0.1) is 4.91 Å². The molecule has 0 bridgehead atoms. The third-order valence-corrected chi connectivity index (χ3v) is 1.97. The molecule has 0 N–H and O–H groups in total. The third kappa shape index (κ3) is 2.78. The maximum absolute atomic E-state index is 10.1. The van der Waals surface area contributed by atoms with Gasteiger partial charge in [0, 0.05) is 7.11 Å². The van der Waals surface area contributed by atoms with Gasteiger partial charge in [-0.05, 0) is 39.3 Å². The highest BCUT2D eigenvalue weighted by atomic mass is 79.9. The number of nitrogens with zero attached hydrogens (tertiary/aromatic N) is 1. The molecule has 0 saturated carbocycles. The molecule has 0 aliphatic rings. The van der Waals surface area contributed by atoms with Gasteiger partial charge in [-0.2, -0.15) is 0 Å². The van der Waals surface area contributed by atoms with Crippen LogP contribution in [-0.4, -0.2) is 13.9 Å². The molecule has 0 fully saturated rings. The fraction of sp³-hybridized carbons (Fsp3) is 0.250. The molecule has 5 heteroatoms. The lowest BCUT2D eigenvalue weighted by Gasteiger charge is -2.05. The van der Waals surface area contributed by atoms with Crippen molar-refractivity contribution < 1.29 is 9.47 Å². The zero-order valence-electron chi connectivity index (χ0n) is 6.99. The molecule has 0 spiro atoms. The van der Waals surface area contributed by atoms with E-state index in [9.17, 15) is 4.91 Å². The third-order valence-electron chi connectivity index (χ3n) is 1.35. The van der Waals surface area contributed by atoms with Gasteiger partial charge in [0.25, 0.3) is 0 Å². The molecular formula is C8H8BrNO3. The Morgan fingerprint density at radius 1 is 1.54 bits per heavy atom. The average molecular weight is 246 g/mol. The molecule has 1 aromatic carbocycles. The lowest BCUT2D eigenvalue weighted by molar-refractivity contribution is 0.0506. The van der Waals surface area contributed by atoms with Gasteiger partial charge in [-0.1, -0.05) is 0 Å². The topological polar surface area (TPSA) is 47.9 Å². The van der Waals surface area contributed by atoms with Crippen molar-refractivity contribution in [2.24, 2.45) is 5.18 Å². The van der Waals surface area contributed by atoms with Gasteiger partial charge < -0.3 is 9.47 Å². The first-order valence-electron chi connectivity index (χ1n) is 3.52. The predicted octanol–water partition coefficient (Wildman–Crippen LogP) is 2.83. The van der Waals surface area contributed by atoms with Crippen molar-refractivity contribution in [3.8, 4) is 5.75 Å². The summed E-state index contributed by atoms with van der Waals surface area (Å²) < 4.78 is 10.6. The Balaban J connectivity index is 2.79. The van der Waals surface area contributed by atoms with E-state index >= 15 is 0 Å². The minimum atomic E-state index is 0.173. The molecule has 0 aliphatic heterocycles. The second kappa shape index (κ2) is 4.94. The summed E-state index contributed by atoms with van der Waals surface area (Å²) in [5, 5.41) is 2.79. The fourth-order valence-corrected chi connectivity index (χ4v) is 1.27. The van der Waals surface area contributed by atoms with E-state index in [1.165, 1.54) is 7.11 Å². The van der Waals surface area contributed by atoms with Crippen LogP contribution in [0.4, 0.5) is 5.69 Å². The van der Waals surface area contributed by atoms with Crippen molar-refractivity contribution in [3.05, 3.63) is 27.6 Å². The maximum Gasteiger partial charge on any atom is 0.188 e. The smallest absolute Gasteiger partial charge is 0.188 e. The standard InChI is InChI=1S/C8H8BrNO3/c1-12-5-13-8-3-2-6(10-11)4-7(8)9/h2-4H,5H2,1H3. The van der Waals surface area contributed by atoms with E-state index in [1.54, 1.807) is 18.2 Å². The summed E-state index contributed by atoms with van der Waals surface area (Å²) in [4.78, 5) is 10.1. The van der Waals surface area contributed by atoms with Crippen molar-refractivity contribution in [2.45, 2.75) is 0 Å². The minimum absolute atomic E-state index is 0.173. The first kappa shape index (κ1) is 10.1. The van der Waals surface area contributed by atoms with Gasteiger partial charge in [-0.15, -0.1) is 4.91 Å². The predicted molar refractivity (Wildman–Crippen MR) is 52.1 cm³/mol. The van der Waals surface area contributed by atoms with Crippen LogP contribution in [0.25, 0.3) is 0 Å². The highest BCUT2D eigenvalue weighted by molar-refractivity contribution is 9.10. The number of hydrogen-bond donors (Lipinski definition) is 0. The fourth-order valence-electron chi connectivity index (χ4n) is 0.786. The van der Waals surface area contributed by atoms with Gasteiger partial charge in [-0.25, -0.2) is 0 Å². The molecule has 0 unspecified atom stereocenters. The van der Waals surface area contributed by atoms with Crippen LogP contribution >= 0.6 is 15.9 Å². The Bertz CT molecular complexity index is 303. The largest absolute Gasteiger partial charge is 0.466 e. The number of nitroso groups, excluding NO2 is 1. The Labute approximate surface area is 84.0 Å². The molecule has 13 heavy (non-hydrogen) atoms. The normalized spacial score (nSPS) is 9.69. The summed E-state index contributed by atoms with van der Waals surface area (Å²) in [5.41, 5.74) is 0.358. The first-order valence-corrected chi connectivity index (χ1v) is 4.32. The highest BCUT2D eigenvalue weighted by Gasteiger charge is 2.01. The zero-order valence-corrected chi connectivity index (χ0v) is 8.58. The van der Waals surface area contributed by atoms with E-state index in [-0.39, 0.29) is 6.79 Å². The molecule has 4 nitrogen and oxygen atoms in total. The van der Waals surface area contributed by atoms with Crippen molar-refractivity contribution in [3.63, 3.8) is 0 Å². The van der Waals surface area contributed by atoms with Gasteiger partial charge in [0.15, 0.2) is 6.79 Å². The van der Waals surface area contributed by atoms with Crippen LogP contribution < -0.4 is 4.74 Å². The lowest BCUT2D eigenvalue weighted by Crippen LogP contribution is -1.98. The van der Waals surface area contributed by atoms with E-state index in [2.05, 4.69) is 21.1 Å². The summed E-state index contributed by atoms with van der Waals surface area (Å²) in [7, 11) is 1.54.